The van der Waals surface area contributed by atoms with Crippen LogP contribution in [0.15, 0.2) is 11.6 Å². The Bertz CT molecular complexity index is 1200. The zero-order valence-corrected chi connectivity index (χ0v) is 30.7. The molecule has 1 saturated heterocycles. The number of aliphatic hydroxyl groups excluding tert-OH is 1. The number of hydrogen-bond acceptors (Lipinski definition) is 9. The van der Waals surface area contributed by atoms with E-state index in [0.29, 0.717) is 11.3 Å². The van der Waals surface area contributed by atoms with Gasteiger partial charge in [-0.1, -0.05) is 65.5 Å². The van der Waals surface area contributed by atoms with Crippen LogP contribution in [0.5, 0.6) is 0 Å². The lowest BCUT2D eigenvalue weighted by atomic mass is 9.47. The monoisotopic (exact) mass is 674 g/mol. The molecule has 0 aromatic heterocycles. The van der Waals surface area contributed by atoms with Crippen LogP contribution in [-0.2, 0) is 38.1 Å². The predicted octanol–water partition coefficient (Wildman–Crippen LogP) is 6.93. The Morgan fingerprint density at radius 2 is 1.62 bits per heavy atom. The Hall–Kier alpha value is -1.97. The highest BCUT2D eigenvalue weighted by molar-refractivity contribution is 5.68. The molecule has 5 aliphatic rings. The predicted molar refractivity (Wildman–Crippen MR) is 180 cm³/mol. The molecule has 272 valence electrons. The molecule has 9 nitrogen and oxygen atoms in total. The van der Waals surface area contributed by atoms with Crippen LogP contribution in [-0.4, -0.2) is 66.4 Å². The van der Waals surface area contributed by atoms with E-state index in [4.69, 9.17) is 23.7 Å². The average Bonchev–Trinajstić information content (AvgIpc) is 3.36. The van der Waals surface area contributed by atoms with Gasteiger partial charge in [-0.05, 0) is 97.7 Å². The lowest BCUT2D eigenvalue weighted by Gasteiger charge is -2.58. The Balaban J connectivity index is 1.27. The quantitative estimate of drug-likeness (QED) is 0.142. The van der Waals surface area contributed by atoms with Gasteiger partial charge in [0.05, 0.1) is 6.10 Å². The molecule has 5 rings (SSSR count). The normalized spacial score (nSPS) is 41.3. The Morgan fingerprint density at radius 1 is 0.917 bits per heavy atom. The van der Waals surface area contributed by atoms with Crippen LogP contribution in [0, 0.1) is 46.3 Å². The molecule has 4 fully saturated rings. The van der Waals surface area contributed by atoms with Crippen molar-refractivity contribution in [2.75, 3.05) is 6.61 Å². The number of carbonyl (C=O) groups is 3. The molecule has 3 saturated carbocycles. The van der Waals surface area contributed by atoms with E-state index in [1.165, 1.54) is 71.3 Å². The van der Waals surface area contributed by atoms with Crippen molar-refractivity contribution >= 4 is 17.9 Å². The van der Waals surface area contributed by atoms with Crippen LogP contribution in [0.3, 0.4) is 0 Å². The molecule has 48 heavy (non-hydrogen) atoms. The van der Waals surface area contributed by atoms with E-state index in [2.05, 4.69) is 40.7 Å². The van der Waals surface area contributed by atoms with E-state index in [9.17, 15) is 19.5 Å². The van der Waals surface area contributed by atoms with E-state index < -0.39 is 48.6 Å². The molecule has 0 spiro atoms. The van der Waals surface area contributed by atoms with Crippen LogP contribution in [0.1, 0.15) is 126 Å². The maximum Gasteiger partial charge on any atom is 0.303 e. The molecule has 0 amide bonds. The summed E-state index contributed by atoms with van der Waals surface area (Å²) < 4.78 is 28.6. The standard InChI is InChI=1S/C39H62O9/c1-22(2)10-9-11-23(3)30-14-15-31-29-13-12-27-20-28(16-18-38(27,7)32(29)17-19-39(30,31)8)47-37-34(43)36(46-26(6)42)35(45-25(5)41)33(48-37)21-44-24(4)40/h12,22-23,28-37,43H,9-11,13-21H2,1-8H3/t23-,28?,29?,30-,31?,32?,33-,34-,35-,36-,37+,38+,39-/m1/s1. The molecular weight excluding hydrogens is 612 g/mol. The molecule has 4 aliphatic carbocycles. The summed E-state index contributed by atoms with van der Waals surface area (Å²) >= 11 is 0. The first-order chi connectivity index (χ1) is 22.6. The summed E-state index contributed by atoms with van der Waals surface area (Å²) in [6.07, 6.45) is 9.50. The Morgan fingerprint density at radius 3 is 2.29 bits per heavy atom. The van der Waals surface area contributed by atoms with Crippen molar-refractivity contribution in [1.82, 2.24) is 0 Å². The fourth-order valence-electron chi connectivity index (χ4n) is 11.0. The van der Waals surface area contributed by atoms with Crippen molar-refractivity contribution in [1.29, 1.82) is 0 Å². The number of allylic oxidation sites excluding steroid dienone is 1. The lowest BCUT2D eigenvalue weighted by Crippen LogP contribution is -2.62. The summed E-state index contributed by atoms with van der Waals surface area (Å²) in [5.41, 5.74) is 2.03. The van der Waals surface area contributed by atoms with Gasteiger partial charge in [0, 0.05) is 20.8 Å². The van der Waals surface area contributed by atoms with Crippen molar-refractivity contribution < 1.29 is 43.2 Å². The fourth-order valence-corrected chi connectivity index (χ4v) is 11.0. The van der Waals surface area contributed by atoms with Crippen molar-refractivity contribution in [2.45, 2.75) is 163 Å². The zero-order valence-electron chi connectivity index (χ0n) is 30.7. The molecule has 1 N–H and O–H groups in total. The number of rotatable bonds is 11. The number of hydrogen-bond donors (Lipinski definition) is 1. The maximum absolute atomic E-state index is 12.0. The second-order valence-electron chi connectivity index (χ2n) is 16.8. The first-order valence-corrected chi connectivity index (χ1v) is 18.8. The SMILES string of the molecule is CC(=O)OC[C@H]1O[C@H](OC2CC[C@@]3(C)C(=CCC4C3CC[C@@]3(C)C4CC[C@@H]3[C@H](C)CCCC(C)C)C2)[C@H](O)[C@@H](OC(C)=O)[C@@H]1OC(C)=O. The highest BCUT2D eigenvalue weighted by atomic mass is 16.7. The Labute approximate surface area is 288 Å². The van der Waals surface area contributed by atoms with E-state index in [0.717, 1.165) is 55.3 Å². The summed E-state index contributed by atoms with van der Waals surface area (Å²) in [5, 5.41) is 11.3. The molecule has 0 aromatic rings. The van der Waals surface area contributed by atoms with Crippen molar-refractivity contribution in [3.8, 4) is 0 Å². The summed E-state index contributed by atoms with van der Waals surface area (Å²) in [5.74, 6) is 2.80. The van der Waals surface area contributed by atoms with Crippen molar-refractivity contribution in [3.63, 3.8) is 0 Å². The molecule has 13 atom stereocenters. The van der Waals surface area contributed by atoms with Gasteiger partial charge in [0.15, 0.2) is 18.5 Å². The second kappa shape index (κ2) is 15.1. The highest BCUT2D eigenvalue weighted by Gasteiger charge is 2.59. The van der Waals surface area contributed by atoms with Crippen molar-refractivity contribution in [3.05, 3.63) is 11.6 Å². The number of ether oxygens (including phenoxy) is 5. The lowest BCUT2D eigenvalue weighted by molar-refractivity contribution is -0.316. The minimum absolute atomic E-state index is 0.135. The van der Waals surface area contributed by atoms with E-state index in [-0.39, 0.29) is 18.1 Å². The summed E-state index contributed by atoms with van der Waals surface area (Å²) in [6, 6.07) is 0. The molecule has 4 unspecified atom stereocenters. The van der Waals surface area contributed by atoms with Gasteiger partial charge in [0.25, 0.3) is 0 Å². The third kappa shape index (κ3) is 7.68. The molecule has 0 aromatic carbocycles. The van der Waals surface area contributed by atoms with Crippen LogP contribution < -0.4 is 0 Å². The fraction of sp³-hybridized carbons (Fsp3) is 0.872. The summed E-state index contributed by atoms with van der Waals surface area (Å²) in [4.78, 5) is 35.6. The van der Waals surface area contributed by atoms with E-state index >= 15 is 0 Å². The molecular formula is C39H62O9. The van der Waals surface area contributed by atoms with Gasteiger partial charge >= 0.3 is 17.9 Å². The van der Waals surface area contributed by atoms with Crippen LogP contribution in [0.2, 0.25) is 0 Å². The summed E-state index contributed by atoms with van der Waals surface area (Å²) in [7, 11) is 0. The van der Waals surface area contributed by atoms with Crippen LogP contribution in [0.4, 0.5) is 0 Å². The van der Waals surface area contributed by atoms with Gasteiger partial charge in [-0.3, -0.25) is 14.4 Å². The molecule has 9 heteroatoms. The maximum atomic E-state index is 12.0. The average molecular weight is 675 g/mol. The van der Waals surface area contributed by atoms with Gasteiger partial charge in [-0.25, -0.2) is 0 Å². The van der Waals surface area contributed by atoms with E-state index in [1.807, 2.05) is 0 Å². The third-order valence-corrected chi connectivity index (χ3v) is 13.3. The van der Waals surface area contributed by atoms with Gasteiger partial charge < -0.3 is 28.8 Å². The minimum Gasteiger partial charge on any atom is -0.463 e. The molecule has 0 radical (unpaired) electrons. The smallest absolute Gasteiger partial charge is 0.303 e. The number of fused-ring (bicyclic) bond motifs is 5. The number of carbonyl (C=O) groups excluding carboxylic acids is 3. The van der Waals surface area contributed by atoms with Gasteiger partial charge in [-0.15, -0.1) is 0 Å². The second-order valence-corrected chi connectivity index (χ2v) is 16.8. The largest absolute Gasteiger partial charge is 0.463 e. The molecule has 1 heterocycles. The van der Waals surface area contributed by atoms with Crippen LogP contribution in [0.25, 0.3) is 0 Å². The Kier molecular flexibility index (Phi) is 11.7. The zero-order chi connectivity index (χ0) is 35.0. The number of esters is 3. The first kappa shape index (κ1) is 37.3. The van der Waals surface area contributed by atoms with Crippen LogP contribution >= 0.6 is 0 Å². The molecule has 0 bridgehead atoms. The van der Waals surface area contributed by atoms with E-state index in [1.54, 1.807) is 0 Å². The first-order valence-electron chi connectivity index (χ1n) is 18.8. The van der Waals surface area contributed by atoms with Crippen molar-refractivity contribution in [2.24, 2.45) is 46.3 Å². The summed E-state index contributed by atoms with van der Waals surface area (Å²) in [6.45, 7) is 15.8. The minimum atomic E-state index is -1.40. The highest BCUT2D eigenvalue weighted by Crippen LogP contribution is 2.67. The van der Waals surface area contributed by atoms with Gasteiger partial charge in [0.1, 0.15) is 18.8 Å². The van der Waals surface area contributed by atoms with Gasteiger partial charge in [0.2, 0.25) is 0 Å². The topological polar surface area (TPSA) is 118 Å². The third-order valence-electron chi connectivity index (χ3n) is 13.3. The molecule has 1 aliphatic heterocycles. The number of aliphatic hydroxyl groups is 1. The van der Waals surface area contributed by atoms with Gasteiger partial charge in [-0.2, -0.15) is 0 Å².